The molecule has 1 aliphatic rings. The summed E-state index contributed by atoms with van der Waals surface area (Å²) in [6.07, 6.45) is 3.87. The minimum Gasteiger partial charge on any atom is -0.242 e. The molecule has 0 aromatic carbocycles. The van der Waals surface area contributed by atoms with Crippen molar-refractivity contribution < 1.29 is 0 Å². The van der Waals surface area contributed by atoms with Crippen molar-refractivity contribution in [1.82, 2.24) is 0 Å². The molecule has 10 heavy (non-hydrogen) atoms. The standard InChI is InChI=1S/C8H12N2/c1-6-4-5-9-8(3)10-7(6)2/h4-6H,1-3H3. The van der Waals surface area contributed by atoms with Crippen LogP contribution in [0.2, 0.25) is 0 Å². The van der Waals surface area contributed by atoms with Crippen LogP contribution < -0.4 is 0 Å². The van der Waals surface area contributed by atoms with Gasteiger partial charge in [0.25, 0.3) is 0 Å². The average Bonchev–Trinajstić information content (AvgIpc) is 1.96. The highest BCUT2D eigenvalue weighted by atomic mass is 14.9. The monoisotopic (exact) mass is 136 g/mol. The topological polar surface area (TPSA) is 24.7 Å². The summed E-state index contributed by atoms with van der Waals surface area (Å²) in [7, 11) is 0. The van der Waals surface area contributed by atoms with Crippen LogP contribution in [0.15, 0.2) is 22.3 Å². The Balaban J connectivity index is 2.90. The Hall–Kier alpha value is -0.920. The summed E-state index contributed by atoms with van der Waals surface area (Å²) in [5.41, 5.74) is 1.13. The van der Waals surface area contributed by atoms with Gasteiger partial charge in [-0.25, -0.2) is 9.98 Å². The van der Waals surface area contributed by atoms with E-state index in [1.54, 1.807) is 0 Å². The predicted molar refractivity (Wildman–Crippen MR) is 44.5 cm³/mol. The second-order valence-corrected chi connectivity index (χ2v) is 2.56. The van der Waals surface area contributed by atoms with Gasteiger partial charge in [-0.15, -0.1) is 0 Å². The van der Waals surface area contributed by atoms with E-state index in [1.807, 2.05) is 20.0 Å². The number of nitrogens with zero attached hydrogens (tertiary/aromatic N) is 2. The third-order valence-electron chi connectivity index (χ3n) is 1.63. The van der Waals surface area contributed by atoms with E-state index in [9.17, 15) is 0 Å². The molecule has 0 fully saturated rings. The van der Waals surface area contributed by atoms with Crippen LogP contribution in [0, 0.1) is 5.92 Å². The van der Waals surface area contributed by atoms with E-state index in [-0.39, 0.29) is 0 Å². The third-order valence-corrected chi connectivity index (χ3v) is 1.63. The van der Waals surface area contributed by atoms with Gasteiger partial charge in [-0.05, 0) is 13.8 Å². The van der Waals surface area contributed by atoms with Crippen molar-refractivity contribution >= 4 is 11.5 Å². The summed E-state index contributed by atoms with van der Waals surface area (Å²) >= 11 is 0. The smallest absolute Gasteiger partial charge is 0.125 e. The molecule has 1 aliphatic heterocycles. The second kappa shape index (κ2) is 2.78. The average molecular weight is 136 g/mol. The number of aliphatic imine (C=N–C) groups is 2. The van der Waals surface area contributed by atoms with Gasteiger partial charge in [0.2, 0.25) is 0 Å². The Morgan fingerprint density at radius 1 is 1.40 bits per heavy atom. The number of rotatable bonds is 0. The minimum absolute atomic E-state index is 0.432. The first-order chi connectivity index (χ1) is 4.70. The Labute approximate surface area is 61.4 Å². The lowest BCUT2D eigenvalue weighted by molar-refractivity contribution is 0.992. The van der Waals surface area contributed by atoms with E-state index in [0.717, 1.165) is 11.5 Å². The Morgan fingerprint density at radius 3 is 2.80 bits per heavy atom. The first-order valence-corrected chi connectivity index (χ1v) is 3.46. The first kappa shape index (κ1) is 7.19. The molecule has 0 aromatic heterocycles. The van der Waals surface area contributed by atoms with Crippen molar-refractivity contribution in [2.24, 2.45) is 15.9 Å². The molecule has 0 saturated heterocycles. The lowest BCUT2D eigenvalue weighted by atomic mass is 10.1. The van der Waals surface area contributed by atoms with Crippen LogP contribution in [0.3, 0.4) is 0 Å². The van der Waals surface area contributed by atoms with Gasteiger partial charge in [-0.2, -0.15) is 0 Å². The molecule has 1 atom stereocenters. The highest BCUT2D eigenvalue weighted by molar-refractivity contribution is 5.98. The Morgan fingerprint density at radius 2 is 2.10 bits per heavy atom. The van der Waals surface area contributed by atoms with Crippen molar-refractivity contribution in [3.63, 3.8) is 0 Å². The molecule has 0 radical (unpaired) electrons. The summed E-state index contributed by atoms with van der Waals surface area (Å²) in [5, 5.41) is 0. The largest absolute Gasteiger partial charge is 0.242 e. The summed E-state index contributed by atoms with van der Waals surface area (Å²) in [4.78, 5) is 8.33. The zero-order chi connectivity index (χ0) is 7.56. The van der Waals surface area contributed by atoms with Crippen LogP contribution in [0.25, 0.3) is 0 Å². The molecule has 54 valence electrons. The van der Waals surface area contributed by atoms with Crippen LogP contribution in [0.4, 0.5) is 0 Å². The van der Waals surface area contributed by atoms with Crippen LogP contribution in [-0.4, -0.2) is 11.5 Å². The molecular formula is C8H12N2. The number of allylic oxidation sites excluding steroid dienone is 1. The van der Waals surface area contributed by atoms with Crippen molar-refractivity contribution in [2.75, 3.05) is 0 Å². The molecule has 0 aliphatic carbocycles. The van der Waals surface area contributed by atoms with Crippen LogP contribution >= 0.6 is 0 Å². The summed E-state index contributed by atoms with van der Waals surface area (Å²) < 4.78 is 0. The zero-order valence-electron chi connectivity index (χ0n) is 6.63. The molecule has 0 aromatic rings. The molecule has 1 unspecified atom stereocenters. The van der Waals surface area contributed by atoms with Crippen LogP contribution in [-0.2, 0) is 0 Å². The van der Waals surface area contributed by atoms with E-state index in [1.165, 1.54) is 0 Å². The third kappa shape index (κ3) is 1.53. The zero-order valence-corrected chi connectivity index (χ0v) is 6.63. The summed E-state index contributed by atoms with van der Waals surface area (Å²) in [6, 6.07) is 0. The van der Waals surface area contributed by atoms with Gasteiger partial charge in [-0.1, -0.05) is 13.0 Å². The fourth-order valence-corrected chi connectivity index (χ4v) is 0.805. The normalized spacial score (nSPS) is 25.3. The van der Waals surface area contributed by atoms with Gasteiger partial charge < -0.3 is 0 Å². The molecule has 1 rings (SSSR count). The maximum absolute atomic E-state index is 4.26. The SMILES string of the molecule is CC1=NC=CC(C)C(C)=N1. The maximum atomic E-state index is 4.26. The van der Waals surface area contributed by atoms with Crippen LogP contribution in [0.5, 0.6) is 0 Å². The van der Waals surface area contributed by atoms with Gasteiger partial charge in [0, 0.05) is 17.8 Å². The highest BCUT2D eigenvalue weighted by Gasteiger charge is 2.03. The predicted octanol–water partition coefficient (Wildman–Crippen LogP) is 2.03. The highest BCUT2D eigenvalue weighted by Crippen LogP contribution is 2.05. The van der Waals surface area contributed by atoms with Gasteiger partial charge in [0.15, 0.2) is 0 Å². The van der Waals surface area contributed by atoms with Crippen molar-refractivity contribution in [3.8, 4) is 0 Å². The van der Waals surface area contributed by atoms with Gasteiger partial charge in [0.05, 0.1) is 0 Å². The molecule has 2 nitrogen and oxygen atoms in total. The molecular weight excluding hydrogens is 124 g/mol. The molecule has 1 heterocycles. The molecule has 0 N–H and O–H groups in total. The van der Waals surface area contributed by atoms with E-state index in [2.05, 4.69) is 23.0 Å². The fraction of sp³-hybridized carbons (Fsp3) is 0.500. The van der Waals surface area contributed by atoms with Crippen molar-refractivity contribution in [1.29, 1.82) is 0 Å². The molecule has 0 spiro atoms. The maximum Gasteiger partial charge on any atom is 0.125 e. The summed E-state index contributed by atoms with van der Waals surface area (Å²) in [5.74, 6) is 1.28. The first-order valence-electron chi connectivity index (χ1n) is 3.46. The lowest BCUT2D eigenvalue weighted by Gasteiger charge is -2.00. The van der Waals surface area contributed by atoms with E-state index in [4.69, 9.17) is 0 Å². The van der Waals surface area contributed by atoms with E-state index in [0.29, 0.717) is 5.92 Å². The number of amidine groups is 1. The number of hydrogen-bond acceptors (Lipinski definition) is 2. The molecule has 0 amide bonds. The lowest BCUT2D eigenvalue weighted by Crippen LogP contribution is -2.03. The molecule has 0 saturated carbocycles. The van der Waals surface area contributed by atoms with E-state index < -0.39 is 0 Å². The number of hydrogen-bond donors (Lipinski definition) is 0. The van der Waals surface area contributed by atoms with Gasteiger partial charge in [0.1, 0.15) is 5.84 Å². The van der Waals surface area contributed by atoms with E-state index >= 15 is 0 Å². The second-order valence-electron chi connectivity index (χ2n) is 2.56. The Bertz CT molecular complexity index is 211. The van der Waals surface area contributed by atoms with Crippen molar-refractivity contribution in [3.05, 3.63) is 12.3 Å². The van der Waals surface area contributed by atoms with Crippen molar-refractivity contribution in [2.45, 2.75) is 20.8 Å². The minimum atomic E-state index is 0.432. The van der Waals surface area contributed by atoms with Gasteiger partial charge >= 0.3 is 0 Å². The fourth-order valence-electron chi connectivity index (χ4n) is 0.805. The summed E-state index contributed by atoms with van der Waals surface area (Å²) in [6.45, 7) is 6.05. The van der Waals surface area contributed by atoms with Gasteiger partial charge in [-0.3, -0.25) is 0 Å². The molecule has 2 heteroatoms. The Kier molecular flexibility index (Phi) is 2.00. The quantitative estimate of drug-likeness (QED) is 0.487. The van der Waals surface area contributed by atoms with Crippen LogP contribution in [0.1, 0.15) is 20.8 Å². The molecule has 0 bridgehead atoms.